The number of carboxylic acid groups (broad SMARTS) is 1. The Balaban J connectivity index is 1.96. The van der Waals surface area contributed by atoms with E-state index in [9.17, 15) is 14.7 Å². The van der Waals surface area contributed by atoms with E-state index in [1.807, 2.05) is 12.2 Å². The number of hydrogen-bond acceptors (Lipinski definition) is 2. The van der Waals surface area contributed by atoms with Gasteiger partial charge in [-0.3, -0.25) is 9.59 Å². The maximum absolute atomic E-state index is 12.4. The van der Waals surface area contributed by atoms with Crippen molar-refractivity contribution in [2.45, 2.75) is 52.0 Å². The molecule has 20 heavy (non-hydrogen) atoms. The van der Waals surface area contributed by atoms with Crippen LogP contribution in [0.3, 0.4) is 0 Å². The largest absolute Gasteiger partial charge is 0.481 e. The fourth-order valence-corrected chi connectivity index (χ4v) is 3.55. The van der Waals surface area contributed by atoms with Crippen LogP contribution in [0, 0.1) is 23.7 Å². The van der Waals surface area contributed by atoms with E-state index in [-0.39, 0.29) is 11.9 Å². The number of carbonyl (C=O) groups excluding carboxylic acids is 1. The normalized spacial score (nSPS) is 37.4. The molecule has 0 aromatic rings. The van der Waals surface area contributed by atoms with E-state index < -0.39 is 17.8 Å². The van der Waals surface area contributed by atoms with Crippen LogP contribution >= 0.6 is 0 Å². The molecule has 2 rings (SSSR count). The summed E-state index contributed by atoms with van der Waals surface area (Å²) in [6.07, 6.45) is 8.09. The van der Waals surface area contributed by atoms with Gasteiger partial charge >= 0.3 is 5.97 Å². The first-order chi connectivity index (χ1) is 9.49. The molecule has 0 saturated heterocycles. The Bertz CT molecular complexity index is 405. The molecule has 5 unspecified atom stereocenters. The van der Waals surface area contributed by atoms with Gasteiger partial charge in [-0.2, -0.15) is 0 Å². The molecule has 4 nitrogen and oxygen atoms in total. The smallest absolute Gasteiger partial charge is 0.307 e. The van der Waals surface area contributed by atoms with Gasteiger partial charge in [0.25, 0.3) is 0 Å². The average molecular weight is 279 g/mol. The molecule has 2 aliphatic carbocycles. The summed E-state index contributed by atoms with van der Waals surface area (Å²) in [5.74, 6) is -0.720. The quantitative estimate of drug-likeness (QED) is 0.780. The third kappa shape index (κ3) is 3.41. The summed E-state index contributed by atoms with van der Waals surface area (Å²) >= 11 is 0. The fraction of sp³-hybridized carbons (Fsp3) is 0.750. The second-order valence-electron chi connectivity index (χ2n) is 6.50. The second-order valence-corrected chi connectivity index (χ2v) is 6.50. The van der Waals surface area contributed by atoms with Crippen molar-refractivity contribution in [2.75, 3.05) is 0 Å². The van der Waals surface area contributed by atoms with Gasteiger partial charge in [0.15, 0.2) is 0 Å². The zero-order valence-corrected chi connectivity index (χ0v) is 12.3. The highest BCUT2D eigenvalue weighted by atomic mass is 16.4. The standard InChI is InChI=1S/C16H25NO3/c1-10-7-8-14(11(2)9-10)17-15(18)12-5-3-4-6-13(12)16(19)20/h3-4,10-14H,5-9H2,1-2H3,(H,17,18)(H,19,20). The topological polar surface area (TPSA) is 66.4 Å². The van der Waals surface area contributed by atoms with Gasteiger partial charge in [-0.15, -0.1) is 0 Å². The van der Waals surface area contributed by atoms with Gasteiger partial charge in [-0.1, -0.05) is 26.0 Å². The molecule has 0 spiro atoms. The van der Waals surface area contributed by atoms with Crippen molar-refractivity contribution in [2.24, 2.45) is 23.7 Å². The van der Waals surface area contributed by atoms with Crippen molar-refractivity contribution in [1.29, 1.82) is 0 Å². The van der Waals surface area contributed by atoms with Crippen molar-refractivity contribution in [3.8, 4) is 0 Å². The molecule has 1 saturated carbocycles. The summed E-state index contributed by atoms with van der Waals surface area (Å²) in [4.78, 5) is 23.7. The van der Waals surface area contributed by atoms with Crippen LogP contribution in [0.2, 0.25) is 0 Å². The molecule has 0 bridgehead atoms. The summed E-state index contributed by atoms with van der Waals surface area (Å²) in [6.45, 7) is 4.43. The summed E-state index contributed by atoms with van der Waals surface area (Å²) in [6, 6.07) is 0.207. The van der Waals surface area contributed by atoms with Gasteiger partial charge in [-0.25, -0.2) is 0 Å². The van der Waals surface area contributed by atoms with Crippen molar-refractivity contribution in [3.05, 3.63) is 12.2 Å². The number of nitrogens with one attached hydrogen (secondary N) is 1. The molecule has 5 atom stereocenters. The molecule has 112 valence electrons. The number of allylic oxidation sites excluding steroid dienone is 2. The van der Waals surface area contributed by atoms with Crippen LogP contribution in [-0.4, -0.2) is 23.0 Å². The molecule has 0 aliphatic heterocycles. The third-order valence-electron chi connectivity index (χ3n) is 4.85. The molecule has 0 aromatic heterocycles. The number of aliphatic carboxylic acids is 1. The zero-order chi connectivity index (χ0) is 14.7. The van der Waals surface area contributed by atoms with Gasteiger partial charge < -0.3 is 10.4 Å². The Morgan fingerprint density at radius 3 is 2.35 bits per heavy atom. The van der Waals surface area contributed by atoms with Gasteiger partial charge in [0.05, 0.1) is 11.8 Å². The van der Waals surface area contributed by atoms with Gasteiger partial charge in [-0.05, 0) is 43.9 Å². The highest BCUT2D eigenvalue weighted by Gasteiger charge is 2.36. The van der Waals surface area contributed by atoms with E-state index in [0.717, 1.165) is 25.2 Å². The zero-order valence-electron chi connectivity index (χ0n) is 12.3. The fourth-order valence-electron chi connectivity index (χ4n) is 3.55. The Hall–Kier alpha value is -1.32. The lowest BCUT2D eigenvalue weighted by Crippen LogP contribution is -2.47. The van der Waals surface area contributed by atoms with Crippen molar-refractivity contribution in [1.82, 2.24) is 5.32 Å². The maximum atomic E-state index is 12.4. The van der Waals surface area contributed by atoms with E-state index in [4.69, 9.17) is 0 Å². The predicted molar refractivity (Wildman–Crippen MR) is 77.1 cm³/mol. The van der Waals surface area contributed by atoms with E-state index in [1.54, 1.807) is 0 Å². The SMILES string of the molecule is CC1CCC(NC(=O)C2CC=CCC2C(=O)O)C(C)C1. The molecule has 4 heteroatoms. The van der Waals surface area contributed by atoms with E-state index in [2.05, 4.69) is 19.2 Å². The molecular weight excluding hydrogens is 254 g/mol. The lowest BCUT2D eigenvalue weighted by atomic mass is 9.78. The van der Waals surface area contributed by atoms with Crippen LogP contribution in [0.5, 0.6) is 0 Å². The summed E-state index contributed by atoms with van der Waals surface area (Å²) in [5.41, 5.74) is 0. The molecule has 1 fully saturated rings. The molecule has 0 radical (unpaired) electrons. The van der Waals surface area contributed by atoms with Gasteiger partial charge in [0.2, 0.25) is 5.91 Å². The van der Waals surface area contributed by atoms with E-state index >= 15 is 0 Å². The summed E-state index contributed by atoms with van der Waals surface area (Å²) < 4.78 is 0. The highest BCUT2D eigenvalue weighted by Crippen LogP contribution is 2.30. The molecule has 2 N–H and O–H groups in total. The number of carbonyl (C=O) groups is 2. The third-order valence-corrected chi connectivity index (χ3v) is 4.85. The molecule has 2 aliphatic rings. The molecular formula is C16H25NO3. The van der Waals surface area contributed by atoms with Gasteiger partial charge in [0, 0.05) is 6.04 Å². The highest BCUT2D eigenvalue weighted by molar-refractivity contribution is 5.85. The summed E-state index contributed by atoms with van der Waals surface area (Å²) in [5, 5.41) is 12.3. The Morgan fingerprint density at radius 1 is 1.10 bits per heavy atom. The lowest BCUT2D eigenvalue weighted by Gasteiger charge is -2.35. The van der Waals surface area contributed by atoms with Gasteiger partial charge in [0.1, 0.15) is 0 Å². The van der Waals surface area contributed by atoms with Crippen molar-refractivity contribution < 1.29 is 14.7 Å². The van der Waals surface area contributed by atoms with Crippen LogP contribution < -0.4 is 5.32 Å². The molecule has 0 heterocycles. The Kier molecular flexibility index (Phi) is 4.84. The first-order valence-corrected chi connectivity index (χ1v) is 7.67. The Morgan fingerprint density at radius 2 is 1.75 bits per heavy atom. The van der Waals surface area contributed by atoms with E-state index in [1.165, 1.54) is 0 Å². The van der Waals surface area contributed by atoms with Crippen LogP contribution in [0.4, 0.5) is 0 Å². The molecule has 1 amide bonds. The van der Waals surface area contributed by atoms with Crippen LogP contribution in [0.15, 0.2) is 12.2 Å². The first kappa shape index (κ1) is 15.1. The number of carboxylic acids is 1. The van der Waals surface area contributed by atoms with Crippen molar-refractivity contribution >= 4 is 11.9 Å². The minimum absolute atomic E-state index is 0.0758. The average Bonchev–Trinajstić information content (AvgIpc) is 2.41. The van der Waals surface area contributed by atoms with Crippen LogP contribution in [0.25, 0.3) is 0 Å². The van der Waals surface area contributed by atoms with Crippen LogP contribution in [0.1, 0.15) is 46.0 Å². The van der Waals surface area contributed by atoms with E-state index in [0.29, 0.717) is 18.8 Å². The first-order valence-electron chi connectivity index (χ1n) is 7.67. The summed E-state index contributed by atoms with van der Waals surface area (Å²) in [7, 11) is 0. The minimum Gasteiger partial charge on any atom is -0.481 e. The number of amides is 1. The predicted octanol–water partition coefficient (Wildman–Crippen LogP) is 2.59. The number of hydrogen-bond donors (Lipinski definition) is 2. The molecule has 0 aromatic carbocycles. The lowest BCUT2D eigenvalue weighted by molar-refractivity contribution is -0.147. The van der Waals surface area contributed by atoms with Crippen molar-refractivity contribution in [3.63, 3.8) is 0 Å². The second kappa shape index (κ2) is 6.42. The minimum atomic E-state index is -0.861. The maximum Gasteiger partial charge on any atom is 0.307 e. The van der Waals surface area contributed by atoms with Crippen LogP contribution in [-0.2, 0) is 9.59 Å². The number of rotatable bonds is 3. The monoisotopic (exact) mass is 279 g/mol. The Labute approximate surface area is 120 Å².